The van der Waals surface area contributed by atoms with Crippen LogP contribution in [0.1, 0.15) is 93.5 Å². The Bertz CT molecular complexity index is 1200. The van der Waals surface area contributed by atoms with Crippen LogP contribution >= 0.6 is 0 Å². The summed E-state index contributed by atoms with van der Waals surface area (Å²) in [6.07, 6.45) is 2.02. The number of benzene rings is 1. The molecule has 0 fully saturated rings. The average Bonchev–Trinajstić information content (AvgIpc) is 3.28. The molecule has 6 nitrogen and oxygen atoms in total. The molecule has 0 unspecified atom stereocenters. The molecule has 2 N–H and O–H groups in total. The summed E-state index contributed by atoms with van der Waals surface area (Å²) in [4.78, 5) is 4.83. The molecule has 1 aromatic carbocycles. The van der Waals surface area contributed by atoms with E-state index in [2.05, 4.69) is 98.1 Å². The summed E-state index contributed by atoms with van der Waals surface area (Å²) >= 11 is 0. The van der Waals surface area contributed by atoms with Crippen molar-refractivity contribution in [3.05, 3.63) is 53.9 Å². The van der Waals surface area contributed by atoms with E-state index in [4.69, 9.17) is 18.9 Å². The molecule has 0 saturated carbocycles. The zero-order chi connectivity index (χ0) is 28.9. The van der Waals surface area contributed by atoms with Gasteiger partial charge in [0, 0.05) is 46.4 Å². The first-order chi connectivity index (χ1) is 18.0. The molecule has 0 bridgehead atoms. The van der Waals surface area contributed by atoms with Gasteiger partial charge in [0.2, 0.25) is 5.88 Å². The van der Waals surface area contributed by atoms with Crippen LogP contribution in [-0.4, -0.2) is 42.4 Å². The van der Waals surface area contributed by atoms with E-state index in [1.54, 1.807) is 0 Å². The van der Waals surface area contributed by atoms with Gasteiger partial charge in [-0.3, -0.25) is 0 Å². The third kappa shape index (κ3) is 9.84. The van der Waals surface area contributed by atoms with Gasteiger partial charge in [0.25, 0.3) is 0 Å². The Hall–Kier alpha value is -2.57. The summed E-state index contributed by atoms with van der Waals surface area (Å²) in [6.45, 7) is 24.7. The normalized spacial score (nSPS) is 13.2. The summed E-state index contributed by atoms with van der Waals surface area (Å²) in [6, 6.07) is 14.3. The molecular weight excluding hydrogens is 486 g/mol. The number of hydrogen-bond acceptors (Lipinski definition) is 6. The fourth-order valence-electron chi connectivity index (χ4n) is 4.33. The van der Waals surface area contributed by atoms with Crippen molar-refractivity contribution < 1.29 is 13.9 Å². The van der Waals surface area contributed by atoms with Gasteiger partial charge >= 0.3 is 0 Å². The second kappa shape index (κ2) is 12.3. The van der Waals surface area contributed by atoms with Crippen LogP contribution < -0.4 is 20.1 Å². The Balaban J connectivity index is 1.45. The van der Waals surface area contributed by atoms with Gasteiger partial charge in [-0.25, -0.2) is 4.98 Å². The molecule has 0 atom stereocenters. The third-order valence-corrected chi connectivity index (χ3v) is 7.00. The van der Waals surface area contributed by atoms with Gasteiger partial charge in [-0.1, -0.05) is 40.7 Å². The summed E-state index contributed by atoms with van der Waals surface area (Å²) < 4.78 is 18.0. The third-order valence-electron chi connectivity index (χ3n) is 7.00. The largest absolute Gasteiger partial charge is 0.492 e. The lowest BCUT2D eigenvalue weighted by Gasteiger charge is -2.32. The quantitative estimate of drug-likeness (QED) is 0.222. The standard InChI is InChI=1S/C33H51N3O3/c1-30(2,3)28-23-24-22-25(14-15-26(24)39-28)37-20-19-35-33(9,10)17-16-32(7,8)27-12-11-13-29(36-27)38-21-18-34-31(4,5)6/h11-15,22-23,34-35H,16-21H2,1-10H3. The SMILES string of the molecule is CC(C)(C)NCCOc1cccc(C(C)(C)CCC(C)(C)NCCOc2ccc3oc(C(C)(C)C)cc3c2)n1. The van der Waals surface area contributed by atoms with Crippen molar-refractivity contribution in [3.8, 4) is 11.6 Å². The summed E-state index contributed by atoms with van der Waals surface area (Å²) in [7, 11) is 0. The zero-order valence-corrected chi connectivity index (χ0v) is 26.0. The van der Waals surface area contributed by atoms with E-state index < -0.39 is 0 Å². The molecule has 3 rings (SSSR count). The average molecular weight is 538 g/mol. The molecule has 0 aliphatic rings. The van der Waals surface area contributed by atoms with Crippen molar-refractivity contribution in [2.24, 2.45) is 0 Å². The first kappa shape index (κ1) is 31.0. The second-order valence-electron chi connectivity index (χ2n) is 14.0. The first-order valence-electron chi connectivity index (χ1n) is 14.3. The molecule has 6 heteroatoms. The molecule has 0 spiro atoms. The summed E-state index contributed by atoms with van der Waals surface area (Å²) in [5.74, 6) is 2.55. The van der Waals surface area contributed by atoms with E-state index >= 15 is 0 Å². The molecule has 216 valence electrons. The van der Waals surface area contributed by atoms with Crippen LogP contribution in [0.4, 0.5) is 0 Å². The van der Waals surface area contributed by atoms with Crippen molar-refractivity contribution in [1.82, 2.24) is 15.6 Å². The lowest BCUT2D eigenvalue weighted by molar-refractivity contribution is 0.261. The van der Waals surface area contributed by atoms with Gasteiger partial charge in [0.15, 0.2) is 0 Å². The van der Waals surface area contributed by atoms with Gasteiger partial charge in [-0.15, -0.1) is 0 Å². The molecular formula is C33H51N3O3. The van der Waals surface area contributed by atoms with E-state index in [-0.39, 0.29) is 21.9 Å². The Kier molecular flexibility index (Phi) is 9.77. The molecule has 39 heavy (non-hydrogen) atoms. The highest BCUT2D eigenvalue weighted by atomic mass is 16.5. The Morgan fingerprint density at radius 1 is 0.769 bits per heavy atom. The van der Waals surface area contributed by atoms with Crippen molar-refractivity contribution >= 4 is 11.0 Å². The van der Waals surface area contributed by atoms with Crippen LogP contribution in [0, 0.1) is 0 Å². The van der Waals surface area contributed by atoms with Gasteiger partial charge in [0.1, 0.15) is 30.3 Å². The maximum absolute atomic E-state index is 6.06. The number of hydrogen-bond donors (Lipinski definition) is 2. The van der Waals surface area contributed by atoms with E-state index in [1.165, 1.54) is 0 Å². The van der Waals surface area contributed by atoms with Crippen LogP contribution in [0.15, 0.2) is 46.9 Å². The Morgan fingerprint density at radius 3 is 2.15 bits per heavy atom. The molecule has 0 aliphatic carbocycles. The topological polar surface area (TPSA) is 68.5 Å². The maximum atomic E-state index is 6.06. The van der Waals surface area contributed by atoms with Crippen molar-refractivity contribution in [2.75, 3.05) is 26.3 Å². The molecule has 2 aromatic heterocycles. The zero-order valence-electron chi connectivity index (χ0n) is 26.0. The van der Waals surface area contributed by atoms with Crippen molar-refractivity contribution in [1.29, 1.82) is 0 Å². The lowest BCUT2D eigenvalue weighted by atomic mass is 9.80. The fourth-order valence-corrected chi connectivity index (χ4v) is 4.33. The molecule has 3 aromatic rings. The van der Waals surface area contributed by atoms with E-state index in [0.717, 1.165) is 54.1 Å². The van der Waals surface area contributed by atoms with Gasteiger partial charge < -0.3 is 24.5 Å². The minimum Gasteiger partial charge on any atom is -0.492 e. The first-order valence-corrected chi connectivity index (χ1v) is 14.3. The van der Waals surface area contributed by atoms with E-state index in [1.807, 2.05) is 24.3 Å². The van der Waals surface area contributed by atoms with Gasteiger partial charge in [-0.2, -0.15) is 0 Å². The van der Waals surface area contributed by atoms with Crippen LogP contribution in [0.25, 0.3) is 11.0 Å². The van der Waals surface area contributed by atoms with Crippen LogP contribution in [-0.2, 0) is 10.8 Å². The lowest BCUT2D eigenvalue weighted by Crippen LogP contribution is -2.42. The molecule has 0 amide bonds. The number of nitrogens with one attached hydrogen (secondary N) is 2. The molecule has 0 aliphatic heterocycles. The van der Waals surface area contributed by atoms with Crippen LogP contribution in [0.2, 0.25) is 0 Å². The molecule has 0 radical (unpaired) electrons. The van der Waals surface area contributed by atoms with Gasteiger partial charge in [-0.05, 0) is 77.8 Å². The highest BCUT2D eigenvalue weighted by Gasteiger charge is 2.27. The van der Waals surface area contributed by atoms with Gasteiger partial charge in [0.05, 0.1) is 5.69 Å². The number of rotatable bonds is 13. The number of aromatic nitrogens is 1. The van der Waals surface area contributed by atoms with E-state index in [0.29, 0.717) is 19.1 Å². The minimum absolute atomic E-state index is 0.0135. The van der Waals surface area contributed by atoms with Crippen LogP contribution in [0.3, 0.4) is 0 Å². The second-order valence-corrected chi connectivity index (χ2v) is 14.0. The number of nitrogens with zero attached hydrogens (tertiary/aromatic N) is 1. The highest BCUT2D eigenvalue weighted by Crippen LogP contribution is 2.32. The number of furan rings is 1. The monoisotopic (exact) mass is 537 g/mol. The fraction of sp³-hybridized carbons (Fsp3) is 0.606. The number of pyridine rings is 1. The van der Waals surface area contributed by atoms with Crippen LogP contribution in [0.5, 0.6) is 11.6 Å². The van der Waals surface area contributed by atoms with Crippen molar-refractivity contribution in [2.45, 2.75) is 104 Å². The number of ether oxygens (including phenoxy) is 2. The van der Waals surface area contributed by atoms with Crippen molar-refractivity contribution in [3.63, 3.8) is 0 Å². The summed E-state index contributed by atoms with van der Waals surface area (Å²) in [5.41, 5.74) is 1.94. The summed E-state index contributed by atoms with van der Waals surface area (Å²) in [5, 5.41) is 8.20. The number of fused-ring (bicyclic) bond motifs is 1. The maximum Gasteiger partial charge on any atom is 0.213 e. The Morgan fingerprint density at radius 2 is 1.46 bits per heavy atom. The predicted molar refractivity (Wildman–Crippen MR) is 162 cm³/mol. The molecule has 0 saturated heterocycles. The molecule has 2 heterocycles. The predicted octanol–water partition coefficient (Wildman–Crippen LogP) is 7.40. The highest BCUT2D eigenvalue weighted by molar-refractivity contribution is 5.79. The Labute approximate surface area is 236 Å². The minimum atomic E-state index is -0.0651. The van der Waals surface area contributed by atoms with E-state index in [9.17, 15) is 0 Å². The smallest absolute Gasteiger partial charge is 0.213 e.